The van der Waals surface area contributed by atoms with Gasteiger partial charge in [0.25, 0.3) is 0 Å². The topological polar surface area (TPSA) is 47.2 Å². The molecule has 4 heteroatoms. The molecule has 0 spiro atoms. The lowest BCUT2D eigenvalue weighted by Crippen LogP contribution is -2.32. The van der Waals surface area contributed by atoms with Crippen molar-refractivity contribution in [3.63, 3.8) is 0 Å². The monoisotopic (exact) mass is 280 g/mol. The van der Waals surface area contributed by atoms with E-state index >= 15 is 0 Å². The SMILES string of the molecule is O=C(NCc1ccco1)[C@H](c1ccccc1)n1cccc1. The first-order valence-corrected chi connectivity index (χ1v) is 6.82. The van der Waals surface area contributed by atoms with Gasteiger partial charge >= 0.3 is 0 Å². The van der Waals surface area contributed by atoms with Crippen LogP contribution in [0.25, 0.3) is 0 Å². The van der Waals surface area contributed by atoms with E-state index < -0.39 is 0 Å². The molecule has 1 atom stereocenters. The molecule has 0 unspecified atom stereocenters. The van der Waals surface area contributed by atoms with Gasteiger partial charge in [-0.1, -0.05) is 30.3 Å². The molecule has 21 heavy (non-hydrogen) atoms. The van der Waals surface area contributed by atoms with Crippen LogP contribution in [0.4, 0.5) is 0 Å². The number of hydrogen-bond acceptors (Lipinski definition) is 2. The van der Waals surface area contributed by atoms with Gasteiger partial charge in [-0.15, -0.1) is 0 Å². The molecule has 0 aliphatic heterocycles. The quantitative estimate of drug-likeness (QED) is 0.781. The van der Waals surface area contributed by atoms with Crippen LogP contribution in [-0.4, -0.2) is 10.5 Å². The Morgan fingerprint density at radius 3 is 2.48 bits per heavy atom. The molecule has 0 bridgehead atoms. The van der Waals surface area contributed by atoms with Crippen LogP contribution in [0.3, 0.4) is 0 Å². The van der Waals surface area contributed by atoms with Gasteiger partial charge in [0.05, 0.1) is 12.8 Å². The smallest absolute Gasteiger partial charge is 0.248 e. The lowest BCUT2D eigenvalue weighted by Gasteiger charge is -2.18. The molecule has 1 N–H and O–H groups in total. The second-order valence-corrected chi connectivity index (χ2v) is 4.74. The average Bonchev–Trinajstić information content (AvgIpc) is 3.20. The summed E-state index contributed by atoms with van der Waals surface area (Å²) in [5.41, 5.74) is 0.950. The summed E-state index contributed by atoms with van der Waals surface area (Å²) >= 11 is 0. The summed E-state index contributed by atoms with van der Waals surface area (Å²) in [7, 11) is 0. The number of nitrogens with one attached hydrogen (secondary N) is 1. The fourth-order valence-corrected chi connectivity index (χ4v) is 2.30. The van der Waals surface area contributed by atoms with Crippen LogP contribution in [0.5, 0.6) is 0 Å². The van der Waals surface area contributed by atoms with E-state index in [1.165, 1.54) is 0 Å². The fraction of sp³-hybridized carbons (Fsp3) is 0.118. The van der Waals surface area contributed by atoms with Crippen molar-refractivity contribution in [2.45, 2.75) is 12.6 Å². The lowest BCUT2D eigenvalue weighted by molar-refractivity contribution is -0.123. The van der Waals surface area contributed by atoms with Crippen molar-refractivity contribution < 1.29 is 9.21 Å². The highest BCUT2D eigenvalue weighted by atomic mass is 16.3. The van der Waals surface area contributed by atoms with Gasteiger partial charge in [-0.3, -0.25) is 4.79 Å². The second-order valence-electron chi connectivity index (χ2n) is 4.74. The molecule has 1 aromatic carbocycles. The molecule has 1 amide bonds. The minimum atomic E-state index is -0.379. The largest absolute Gasteiger partial charge is 0.467 e. The lowest BCUT2D eigenvalue weighted by atomic mass is 10.1. The molecular formula is C17H16N2O2. The van der Waals surface area contributed by atoms with E-state index in [-0.39, 0.29) is 11.9 Å². The Labute approximate surface area is 123 Å². The molecule has 0 aliphatic carbocycles. The van der Waals surface area contributed by atoms with Crippen LogP contribution in [0.2, 0.25) is 0 Å². The fourth-order valence-electron chi connectivity index (χ4n) is 2.30. The van der Waals surface area contributed by atoms with E-state index in [0.29, 0.717) is 6.54 Å². The number of nitrogens with zero attached hydrogens (tertiary/aromatic N) is 1. The predicted octanol–water partition coefficient (Wildman–Crippen LogP) is 2.99. The maximum atomic E-state index is 12.6. The summed E-state index contributed by atoms with van der Waals surface area (Å²) in [6.45, 7) is 0.385. The Morgan fingerprint density at radius 1 is 1.05 bits per heavy atom. The van der Waals surface area contributed by atoms with Crippen molar-refractivity contribution in [3.05, 3.63) is 84.6 Å². The van der Waals surface area contributed by atoms with Gasteiger partial charge in [-0.05, 0) is 29.8 Å². The van der Waals surface area contributed by atoms with E-state index in [1.54, 1.807) is 6.26 Å². The third-order valence-corrected chi connectivity index (χ3v) is 3.31. The number of carbonyl (C=O) groups excluding carboxylic acids is 1. The third-order valence-electron chi connectivity index (χ3n) is 3.31. The predicted molar refractivity (Wildman–Crippen MR) is 79.6 cm³/mol. The number of aromatic nitrogens is 1. The van der Waals surface area contributed by atoms with Gasteiger partial charge in [-0.25, -0.2) is 0 Å². The first-order valence-electron chi connectivity index (χ1n) is 6.82. The number of rotatable bonds is 5. The van der Waals surface area contributed by atoms with Gasteiger partial charge in [0.1, 0.15) is 11.8 Å². The zero-order valence-electron chi connectivity index (χ0n) is 11.5. The van der Waals surface area contributed by atoms with E-state index in [2.05, 4.69) is 5.32 Å². The summed E-state index contributed by atoms with van der Waals surface area (Å²) in [5, 5.41) is 2.92. The Kier molecular flexibility index (Phi) is 3.87. The Morgan fingerprint density at radius 2 is 1.81 bits per heavy atom. The first-order chi connectivity index (χ1) is 10.3. The molecule has 3 rings (SSSR count). The van der Waals surface area contributed by atoms with Gasteiger partial charge in [0.15, 0.2) is 0 Å². The maximum absolute atomic E-state index is 12.6. The summed E-state index contributed by atoms with van der Waals surface area (Å²) in [6.07, 6.45) is 5.39. The van der Waals surface area contributed by atoms with Gasteiger partial charge in [0.2, 0.25) is 5.91 Å². The molecule has 0 radical (unpaired) electrons. The Hall–Kier alpha value is -2.75. The van der Waals surface area contributed by atoms with Crippen LogP contribution >= 0.6 is 0 Å². The minimum Gasteiger partial charge on any atom is -0.467 e. The maximum Gasteiger partial charge on any atom is 0.248 e. The van der Waals surface area contributed by atoms with Crippen LogP contribution in [0.15, 0.2) is 77.7 Å². The summed E-state index contributed by atoms with van der Waals surface area (Å²) in [5.74, 6) is 0.677. The molecular weight excluding hydrogens is 264 g/mol. The van der Waals surface area contributed by atoms with Gasteiger partial charge in [-0.2, -0.15) is 0 Å². The van der Waals surface area contributed by atoms with Crippen molar-refractivity contribution >= 4 is 5.91 Å². The number of amides is 1. The normalized spacial score (nSPS) is 12.0. The van der Waals surface area contributed by atoms with Crippen molar-refractivity contribution in [1.29, 1.82) is 0 Å². The summed E-state index contributed by atoms with van der Waals surface area (Å²) in [6, 6.07) is 16.8. The minimum absolute atomic E-state index is 0.0613. The molecule has 2 aromatic heterocycles. The van der Waals surface area contributed by atoms with Gasteiger partial charge < -0.3 is 14.3 Å². The highest BCUT2D eigenvalue weighted by molar-refractivity contribution is 5.83. The summed E-state index contributed by atoms with van der Waals surface area (Å²) in [4.78, 5) is 12.6. The van der Waals surface area contributed by atoms with Gasteiger partial charge in [0, 0.05) is 12.4 Å². The molecule has 3 aromatic rings. The van der Waals surface area contributed by atoms with E-state index in [1.807, 2.05) is 71.6 Å². The van der Waals surface area contributed by atoms with E-state index in [4.69, 9.17) is 4.42 Å². The van der Waals surface area contributed by atoms with Crippen LogP contribution in [-0.2, 0) is 11.3 Å². The highest BCUT2D eigenvalue weighted by Crippen LogP contribution is 2.19. The number of carbonyl (C=O) groups is 1. The number of furan rings is 1. The molecule has 4 nitrogen and oxygen atoms in total. The number of benzene rings is 1. The molecule has 0 fully saturated rings. The molecule has 0 saturated heterocycles. The Bertz CT molecular complexity index is 673. The van der Waals surface area contributed by atoms with Crippen molar-refractivity contribution in [3.8, 4) is 0 Å². The molecule has 0 aliphatic rings. The Balaban J connectivity index is 1.80. The molecule has 2 heterocycles. The second kappa shape index (κ2) is 6.13. The zero-order valence-corrected chi connectivity index (χ0v) is 11.5. The highest BCUT2D eigenvalue weighted by Gasteiger charge is 2.21. The molecule has 106 valence electrons. The molecule has 0 saturated carbocycles. The summed E-state index contributed by atoms with van der Waals surface area (Å²) < 4.78 is 7.13. The van der Waals surface area contributed by atoms with Crippen LogP contribution < -0.4 is 5.32 Å². The van der Waals surface area contributed by atoms with E-state index in [0.717, 1.165) is 11.3 Å². The van der Waals surface area contributed by atoms with Crippen molar-refractivity contribution in [2.24, 2.45) is 0 Å². The average molecular weight is 280 g/mol. The standard InChI is InChI=1S/C17H16N2O2/c20-17(18-13-15-9-6-12-21-15)16(19-10-4-5-11-19)14-7-2-1-3-8-14/h1-12,16H,13H2,(H,18,20)/t16-/m0/s1. The van der Waals surface area contributed by atoms with Crippen LogP contribution in [0.1, 0.15) is 17.4 Å². The van der Waals surface area contributed by atoms with Crippen LogP contribution in [0, 0.1) is 0 Å². The zero-order chi connectivity index (χ0) is 14.5. The van der Waals surface area contributed by atoms with E-state index in [9.17, 15) is 4.79 Å². The van der Waals surface area contributed by atoms with Crippen molar-refractivity contribution in [2.75, 3.05) is 0 Å². The van der Waals surface area contributed by atoms with Crippen molar-refractivity contribution in [1.82, 2.24) is 9.88 Å². The first kappa shape index (κ1) is 13.2. The number of hydrogen-bond donors (Lipinski definition) is 1. The third kappa shape index (κ3) is 3.05.